The number of rotatable bonds is 2. The van der Waals surface area contributed by atoms with Crippen LogP contribution in [0.15, 0.2) is 0 Å². The molecule has 3 heteroatoms. The third-order valence-electron chi connectivity index (χ3n) is 3.01. The molecular weight excluding hydrogens is 140 g/mol. The molecule has 0 saturated carbocycles. The van der Waals surface area contributed by atoms with Gasteiger partial charge < -0.3 is 15.4 Å². The number of methoxy groups -OCH3 is 1. The Kier molecular flexibility index (Phi) is 1.87. The molecule has 11 heavy (non-hydrogen) atoms. The summed E-state index contributed by atoms with van der Waals surface area (Å²) in [6.07, 6.45) is 2.43. The lowest BCUT2D eigenvalue weighted by Crippen LogP contribution is -2.60. The van der Waals surface area contributed by atoms with Crippen LogP contribution in [-0.2, 0) is 4.74 Å². The highest BCUT2D eigenvalue weighted by Gasteiger charge is 2.44. The largest absolute Gasteiger partial charge is 0.375 e. The SMILES string of the molecule is CO[C@]1([C@H]2CCN2)CCNC1. The molecule has 0 aliphatic carbocycles. The first kappa shape index (κ1) is 7.53. The molecule has 0 aromatic heterocycles. The van der Waals surface area contributed by atoms with Gasteiger partial charge in [0, 0.05) is 19.7 Å². The topological polar surface area (TPSA) is 33.3 Å². The molecule has 2 atom stereocenters. The van der Waals surface area contributed by atoms with E-state index in [0.717, 1.165) is 26.1 Å². The van der Waals surface area contributed by atoms with Crippen LogP contribution in [0.1, 0.15) is 12.8 Å². The van der Waals surface area contributed by atoms with E-state index in [4.69, 9.17) is 4.74 Å². The normalized spacial score (nSPS) is 43.9. The van der Waals surface area contributed by atoms with Gasteiger partial charge in [0.2, 0.25) is 0 Å². The lowest BCUT2D eigenvalue weighted by molar-refractivity contribution is -0.0428. The number of ether oxygens (including phenoxy) is 1. The maximum Gasteiger partial charge on any atom is 0.0966 e. The van der Waals surface area contributed by atoms with Crippen molar-refractivity contribution in [3.8, 4) is 0 Å². The molecule has 64 valence electrons. The molecule has 0 amide bonds. The molecule has 0 spiro atoms. The molecule has 3 nitrogen and oxygen atoms in total. The van der Waals surface area contributed by atoms with Crippen molar-refractivity contribution in [1.29, 1.82) is 0 Å². The zero-order chi connectivity index (χ0) is 7.73. The Bertz CT molecular complexity index is 139. The average Bonchev–Trinajstić information content (AvgIpc) is 2.34. The van der Waals surface area contributed by atoms with Crippen molar-refractivity contribution < 1.29 is 4.74 Å². The predicted molar refractivity (Wildman–Crippen MR) is 43.6 cm³/mol. The van der Waals surface area contributed by atoms with Crippen molar-refractivity contribution in [2.24, 2.45) is 0 Å². The van der Waals surface area contributed by atoms with Gasteiger partial charge in [-0.15, -0.1) is 0 Å². The zero-order valence-electron chi connectivity index (χ0n) is 7.02. The Hall–Kier alpha value is -0.120. The van der Waals surface area contributed by atoms with Crippen LogP contribution in [0, 0.1) is 0 Å². The van der Waals surface area contributed by atoms with E-state index in [-0.39, 0.29) is 5.60 Å². The fraction of sp³-hybridized carbons (Fsp3) is 1.00. The summed E-state index contributed by atoms with van der Waals surface area (Å²) in [6.45, 7) is 3.28. The van der Waals surface area contributed by atoms with Crippen LogP contribution in [0.2, 0.25) is 0 Å². The summed E-state index contributed by atoms with van der Waals surface area (Å²) < 4.78 is 5.58. The summed E-state index contributed by atoms with van der Waals surface area (Å²) in [5.41, 5.74) is 0.109. The van der Waals surface area contributed by atoms with E-state index in [1.807, 2.05) is 7.11 Å². The predicted octanol–water partition coefficient (Wildman–Crippen LogP) is -0.273. The summed E-state index contributed by atoms with van der Waals surface area (Å²) in [4.78, 5) is 0. The summed E-state index contributed by atoms with van der Waals surface area (Å²) in [7, 11) is 1.83. The smallest absolute Gasteiger partial charge is 0.0966 e. The van der Waals surface area contributed by atoms with E-state index < -0.39 is 0 Å². The summed E-state index contributed by atoms with van der Waals surface area (Å²) in [5, 5.41) is 6.76. The molecule has 2 heterocycles. The van der Waals surface area contributed by atoms with Crippen LogP contribution >= 0.6 is 0 Å². The van der Waals surface area contributed by atoms with Crippen molar-refractivity contribution in [2.75, 3.05) is 26.7 Å². The van der Waals surface area contributed by atoms with E-state index >= 15 is 0 Å². The van der Waals surface area contributed by atoms with Gasteiger partial charge in [-0.3, -0.25) is 0 Å². The highest BCUT2D eigenvalue weighted by molar-refractivity contribution is 5.03. The molecule has 2 N–H and O–H groups in total. The molecule has 2 aliphatic heterocycles. The number of hydrogen-bond donors (Lipinski definition) is 2. The van der Waals surface area contributed by atoms with Gasteiger partial charge in [-0.1, -0.05) is 0 Å². The van der Waals surface area contributed by atoms with Crippen LogP contribution in [0.3, 0.4) is 0 Å². The number of hydrogen-bond acceptors (Lipinski definition) is 3. The summed E-state index contributed by atoms with van der Waals surface area (Å²) in [6, 6.07) is 0.600. The lowest BCUT2D eigenvalue weighted by atomic mass is 9.86. The average molecular weight is 156 g/mol. The first-order chi connectivity index (χ1) is 5.37. The highest BCUT2D eigenvalue weighted by atomic mass is 16.5. The van der Waals surface area contributed by atoms with Crippen molar-refractivity contribution in [3.05, 3.63) is 0 Å². The van der Waals surface area contributed by atoms with Crippen LogP contribution in [0.5, 0.6) is 0 Å². The minimum atomic E-state index is 0.109. The van der Waals surface area contributed by atoms with Crippen molar-refractivity contribution >= 4 is 0 Å². The summed E-state index contributed by atoms with van der Waals surface area (Å²) >= 11 is 0. The molecule has 0 bridgehead atoms. The van der Waals surface area contributed by atoms with Gasteiger partial charge in [0.05, 0.1) is 5.60 Å². The Morgan fingerprint density at radius 1 is 1.45 bits per heavy atom. The Morgan fingerprint density at radius 3 is 2.64 bits per heavy atom. The first-order valence-electron chi connectivity index (χ1n) is 4.37. The molecular formula is C8H16N2O. The minimum absolute atomic E-state index is 0.109. The van der Waals surface area contributed by atoms with Crippen LogP contribution < -0.4 is 10.6 Å². The Balaban J connectivity index is 2.02. The van der Waals surface area contributed by atoms with Gasteiger partial charge in [-0.05, 0) is 25.9 Å². The quantitative estimate of drug-likeness (QED) is 0.577. The third kappa shape index (κ3) is 1.08. The number of nitrogens with one attached hydrogen (secondary N) is 2. The third-order valence-corrected chi connectivity index (χ3v) is 3.01. The molecule has 0 radical (unpaired) electrons. The van der Waals surface area contributed by atoms with Gasteiger partial charge in [-0.2, -0.15) is 0 Å². The molecule has 2 rings (SSSR count). The second kappa shape index (κ2) is 2.73. The van der Waals surface area contributed by atoms with Crippen molar-refractivity contribution in [3.63, 3.8) is 0 Å². The van der Waals surface area contributed by atoms with Crippen LogP contribution in [0.25, 0.3) is 0 Å². The van der Waals surface area contributed by atoms with E-state index in [2.05, 4.69) is 10.6 Å². The van der Waals surface area contributed by atoms with Gasteiger partial charge in [0.1, 0.15) is 0 Å². The van der Waals surface area contributed by atoms with E-state index in [1.54, 1.807) is 0 Å². The fourth-order valence-corrected chi connectivity index (χ4v) is 2.04. The Morgan fingerprint density at radius 2 is 2.27 bits per heavy atom. The first-order valence-corrected chi connectivity index (χ1v) is 4.37. The standard InChI is InChI=1S/C8H16N2O/c1-11-8(3-5-9-6-8)7-2-4-10-7/h7,9-10H,2-6H2,1H3/t7-,8-/m1/s1. The van der Waals surface area contributed by atoms with E-state index in [9.17, 15) is 0 Å². The minimum Gasteiger partial charge on any atom is -0.375 e. The van der Waals surface area contributed by atoms with Crippen LogP contribution in [-0.4, -0.2) is 38.4 Å². The van der Waals surface area contributed by atoms with Crippen LogP contribution in [0.4, 0.5) is 0 Å². The fourth-order valence-electron chi connectivity index (χ4n) is 2.04. The zero-order valence-corrected chi connectivity index (χ0v) is 7.02. The van der Waals surface area contributed by atoms with Gasteiger partial charge in [-0.25, -0.2) is 0 Å². The second-order valence-corrected chi connectivity index (χ2v) is 3.49. The van der Waals surface area contributed by atoms with Gasteiger partial charge >= 0.3 is 0 Å². The maximum atomic E-state index is 5.58. The second-order valence-electron chi connectivity index (χ2n) is 3.49. The monoisotopic (exact) mass is 156 g/mol. The Labute approximate surface area is 67.5 Å². The molecule has 0 aromatic rings. The molecule has 2 fully saturated rings. The van der Waals surface area contributed by atoms with Crippen molar-refractivity contribution in [2.45, 2.75) is 24.5 Å². The van der Waals surface area contributed by atoms with E-state index in [0.29, 0.717) is 6.04 Å². The van der Waals surface area contributed by atoms with Crippen molar-refractivity contribution in [1.82, 2.24) is 10.6 Å². The molecule has 0 unspecified atom stereocenters. The maximum absolute atomic E-state index is 5.58. The molecule has 2 saturated heterocycles. The molecule has 0 aromatic carbocycles. The summed E-state index contributed by atoms with van der Waals surface area (Å²) in [5.74, 6) is 0. The van der Waals surface area contributed by atoms with Gasteiger partial charge in [0.15, 0.2) is 0 Å². The lowest BCUT2D eigenvalue weighted by Gasteiger charge is -2.42. The van der Waals surface area contributed by atoms with E-state index in [1.165, 1.54) is 6.42 Å². The van der Waals surface area contributed by atoms with Gasteiger partial charge in [0.25, 0.3) is 0 Å². The highest BCUT2D eigenvalue weighted by Crippen LogP contribution is 2.28. The molecule has 2 aliphatic rings.